The minimum absolute atomic E-state index is 0.0244. The third kappa shape index (κ3) is 4.87. The Morgan fingerprint density at radius 2 is 2.36 bits per heavy atom. The fourth-order valence-electron chi connectivity index (χ4n) is 3.31. The van der Waals surface area contributed by atoms with Crippen LogP contribution in [0.5, 0.6) is 0 Å². The normalized spacial score (nSPS) is 21.6. The standard InChI is InChI=1S/C17H26N6OS/c1-12-18-17(21-20-12)14-6-7-23(9-13-5-4-8-25-13)10-15(14)19-16(24)11-22(2)3/h4-5,8,14-15H,6-7,9-11H2,1-3H3,(H,19,24)(H,18,20,21)/t14-,15+/m0/s1. The van der Waals surface area contributed by atoms with Gasteiger partial charge in [-0.25, -0.2) is 4.98 Å². The highest BCUT2D eigenvalue weighted by atomic mass is 32.1. The van der Waals surface area contributed by atoms with Crippen LogP contribution in [-0.2, 0) is 11.3 Å². The number of aryl methyl sites for hydroxylation is 1. The molecule has 0 unspecified atom stereocenters. The first kappa shape index (κ1) is 18.0. The van der Waals surface area contributed by atoms with Crippen LogP contribution in [0.25, 0.3) is 0 Å². The molecule has 1 amide bonds. The summed E-state index contributed by atoms with van der Waals surface area (Å²) in [5, 5.41) is 12.6. The van der Waals surface area contributed by atoms with E-state index in [1.807, 2.05) is 25.9 Å². The molecule has 25 heavy (non-hydrogen) atoms. The molecule has 0 aromatic carbocycles. The van der Waals surface area contributed by atoms with Crippen molar-refractivity contribution in [3.63, 3.8) is 0 Å². The molecule has 3 heterocycles. The number of piperidine rings is 1. The lowest BCUT2D eigenvalue weighted by molar-refractivity contribution is -0.123. The first-order chi connectivity index (χ1) is 12.0. The molecule has 1 saturated heterocycles. The second-order valence-electron chi connectivity index (χ2n) is 6.90. The fourth-order valence-corrected chi connectivity index (χ4v) is 4.05. The Bertz CT molecular complexity index is 683. The number of carbonyl (C=O) groups excluding carboxylic acids is 1. The van der Waals surface area contributed by atoms with Crippen molar-refractivity contribution in [3.8, 4) is 0 Å². The Hall–Kier alpha value is -1.77. The molecule has 0 bridgehead atoms. The number of aromatic amines is 1. The van der Waals surface area contributed by atoms with Gasteiger partial charge in [0.1, 0.15) is 5.82 Å². The number of nitrogens with one attached hydrogen (secondary N) is 2. The molecule has 8 heteroatoms. The van der Waals surface area contributed by atoms with Gasteiger partial charge in [0.25, 0.3) is 0 Å². The summed E-state index contributed by atoms with van der Waals surface area (Å²) in [6.45, 7) is 5.02. The van der Waals surface area contributed by atoms with Crippen molar-refractivity contribution >= 4 is 17.2 Å². The summed E-state index contributed by atoms with van der Waals surface area (Å²) < 4.78 is 0. The number of nitrogens with zero attached hydrogens (tertiary/aromatic N) is 4. The number of carbonyl (C=O) groups is 1. The van der Waals surface area contributed by atoms with Crippen LogP contribution in [0.15, 0.2) is 17.5 Å². The summed E-state index contributed by atoms with van der Waals surface area (Å²) in [6, 6.07) is 4.27. The number of aromatic nitrogens is 3. The zero-order valence-electron chi connectivity index (χ0n) is 15.0. The van der Waals surface area contributed by atoms with E-state index in [2.05, 4.69) is 42.9 Å². The van der Waals surface area contributed by atoms with Gasteiger partial charge in [0.2, 0.25) is 5.91 Å². The number of likely N-dealkylation sites (tertiary alicyclic amines) is 1. The van der Waals surface area contributed by atoms with Crippen molar-refractivity contribution in [1.29, 1.82) is 0 Å². The number of hydrogen-bond donors (Lipinski definition) is 2. The lowest BCUT2D eigenvalue weighted by atomic mass is 9.90. The van der Waals surface area contributed by atoms with E-state index in [1.165, 1.54) is 4.88 Å². The van der Waals surface area contributed by atoms with E-state index in [0.717, 1.165) is 37.7 Å². The summed E-state index contributed by atoms with van der Waals surface area (Å²) in [5.74, 6) is 1.82. The maximum Gasteiger partial charge on any atom is 0.234 e. The topological polar surface area (TPSA) is 77.2 Å². The van der Waals surface area contributed by atoms with Gasteiger partial charge in [-0.2, -0.15) is 5.10 Å². The molecule has 3 rings (SSSR count). The van der Waals surface area contributed by atoms with E-state index in [1.54, 1.807) is 11.3 Å². The molecule has 0 saturated carbocycles. The summed E-state index contributed by atoms with van der Waals surface area (Å²) in [5.41, 5.74) is 0. The number of H-pyrrole nitrogens is 1. The van der Waals surface area contributed by atoms with Crippen LogP contribution >= 0.6 is 11.3 Å². The molecule has 0 aliphatic carbocycles. The van der Waals surface area contributed by atoms with Gasteiger partial charge in [-0.1, -0.05) is 6.07 Å². The predicted octanol–water partition coefficient (Wildman–Crippen LogP) is 1.21. The Kier molecular flexibility index (Phi) is 5.82. The fraction of sp³-hybridized carbons (Fsp3) is 0.588. The van der Waals surface area contributed by atoms with Crippen molar-refractivity contribution in [1.82, 2.24) is 30.3 Å². The van der Waals surface area contributed by atoms with Crippen molar-refractivity contribution in [2.75, 3.05) is 33.7 Å². The molecule has 2 atom stereocenters. The van der Waals surface area contributed by atoms with E-state index in [-0.39, 0.29) is 17.9 Å². The van der Waals surface area contributed by atoms with Crippen LogP contribution in [-0.4, -0.2) is 70.7 Å². The van der Waals surface area contributed by atoms with E-state index in [4.69, 9.17) is 0 Å². The lowest BCUT2D eigenvalue weighted by Crippen LogP contribution is -2.53. The highest BCUT2D eigenvalue weighted by molar-refractivity contribution is 7.09. The second-order valence-corrected chi connectivity index (χ2v) is 7.93. The van der Waals surface area contributed by atoms with Gasteiger partial charge in [-0.05, 0) is 45.4 Å². The highest BCUT2D eigenvalue weighted by Crippen LogP contribution is 2.27. The lowest BCUT2D eigenvalue weighted by Gasteiger charge is -2.37. The molecular weight excluding hydrogens is 336 g/mol. The third-order valence-corrected chi connectivity index (χ3v) is 5.27. The smallest absolute Gasteiger partial charge is 0.234 e. The molecule has 136 valence electrons. The summed E-state index contributed by atoms with van der Waals surface area (Å²) >= 11 is 1.78. The Morgan fingerprint density at radius 1 is 1.52 bits per heavy atom. The average Bonchev–Trinajstić information content (AvgIpc) is 3.18. The first-order valence-electron chi connectivity index (χ1n) is 8.59. The molecule has 2 aromatic heterocycles. The van der Waals surface area contributed by atoms with Gasteiger partial charge < -0.3 is 10.2 Å². The Labute approximate surface area is 152 Å². The zero-order chi connectivity index (χ0) is 17.8. The molecule has 1 aliphatic heterocycles. The van der Waals surface area contributed by atoms with Crippen LogP contribution in [0.3, 0.4) is 0 Å². The average molecular weight is 363 g/mol. The van der Waals surface area contributed by atoms with Crippen LogP contribution in [0.4, 0.5) is 0 Å². The number of hydrogen-bond acceptors (Lipinski definition) is 6. The van der Waals surface area contributed by atoms with E-state index in [9.17, 15) is 4.79 Å². The van der Waals surface area contributed by atoms with Crippen molar-refractivity contribution in [2.24, 2.45) is 0 Å². The largest absolute Gasteiger partial charge is 0.350 e. The van der Waals surface area contributed by atoms with Crippen molar-refractivity contribution < 1.29 is 4.79 Å². The van der Waals surface area contributed by atoms with Gasteiger partial charge in [0.05, 0.1) is 12.6 Å². The first-order valence-corrected chi connectivity index (χ1v) is 9.47. The Morgan fingerprint density at radius 3 is 3.00 bits per heavy atom. The maximum atomic E-state index is 12.3. The molecule has 1 aliphatic rings. The van der Waals surface area contributed by atoms with Crippen LogP contribution in [0, 0.1) is 6.92 Å². The van der Waals surface area contributed by atoms with E-state index >= 15 is 0 Å². The predicted molar refractivity (Wildman–Crippen MR) is 98.6 cm³/mol. The molecule has 1 fully saturated rings. The molecule has 2 aromatic rings. The van der Waals surface area contributed by atoms with Gasteiger partial charge in [-0.3, -0.25) is 14.8 Å². The van der Waals surface area contributed by atoms with Crippen molar-refractivity contribution in [3.05, 3.63) is 34.0 Å². The quantitative estimate of drug-likeness (QED) is 0.808. The van der Waals surface area contributed by atoms with Crippen LogP contribution in [0.2, 0.25) is 0 Å². The highest BCUT2D eigenvalue weighted by Gasteiger charge is 2.34. The molecule has 0 spiro atoms. The maximum absolute atomic E-state index is 12.3. The number of rotatable bonds is 6. The number of likely N-dealkylation sites (N-methyl/N-ethyl adjacent to an activating group) is 1. The number of thiophene rings is 1. The summed E-state index contributed by atoms with van der Waals surface area (Å²) in [6.07, 6.45) is 0.940. The molecule has 0 radical (unpaired) electrons. The minimum atomic E-state index is 0.0244. The number of amides is 1. The summed E-state index contributed by atoms with van der Waals surface area (Å²) in [7, 11) is 3.80. The van der Waals surface area contributed by atoms with Gasteiger partial charge >= 0.3 is 0 Å². The summed E-state index contributed by atoms with van der Waals surface area (Å²) in [4.78, 5) is 22.5. The molecular formula is C17H26N6OS. The monoisotopic (exact) mass is 362 g/mol. The zero-order valence-corrected chi connectivity index (χ0v) is 15.8. The van der Waals surface area contributed by atoms with Gasteiger partial charge in [0, 0.05) is 23.9 Å². The second kappa shape index (κ2) is 8.07. The van der Waals surface area contributed by atoms with Gasteiger partial charge in [0.15, 0.2) is 5.82 Å². The Balaban J connectivity index is 1.70. The molecule has 2 N–H and O–H groups in total. The van der Waals surface area contributed by atoms with E-state index < -0.39 is 0 Å². The SMILES string of the molecule is Cc1nc([C@H]2CCN(Cc3cccs3)C[C@H]2NC(=O)CN(C)C)n[nH]1. The van der Waals surface area contributed by atoms with Crippen LogP contribution < -0.4 is 5.32 Å². The van der Waals surface area contributed by atoms with Crippen molar-refractivity contribution in [2.45, 2.75) is 31.8 Å². The van der Waals surface area contributed by atoms with Crippen LogP contribution in [0.1, 0.15) is 28.9 Å². The third-order valence-electron chi connectivity index (χ3n) is 4.41. The molecule has 7 nitrogen and oxygen atoms in total. The van der Waals surface area contributed by atoms with Gasteiger partial charge in [-0.15, -0.1) is 11.3 Å². The minimum Gasteiger partial charge on any atom is -0.350 e. The van der Waals surface area contributed by atoms with E-state index in [0.29, 0.717) is 6.54 Å².